The van der Waals surface area contributed by atoms with Gasteiger partial charge in [0.2, 0.25) is 20.0 Å². The second-order valence-corrected chi connectivity index (χ2v) is 8.39. The van der Waals surface area contributed by atoms with E-state index in [1.807, 2.05) is 0 Å². The van der Waals surface area contributed by atoms with E-state index in [1.165, 1.54) is 18.0 Å². The minimum absolute atomic E-state index is 0.0494. The summed E-state index contributed by atoms with van der Waals surface area (Å²) >= 11 is 1.38. The Bertz CT molecular complexity index is 900. The zero-order valence-corrected chi connectivity index (χ0v) is 15.5. The molecule has 0 unspecified atom stereocenters. The molecule has 0 N–H and O–H groups in total. The van der Waals surface area contributed by atoms with Gasteiger partial charge in [-0.3, -0.25) is 0 Å². The van der Waals surface area contributed by atoms with Crippen LogP contribution >= 0.6 is 11.8 Å². The molecule has 3 rings (SSSR count). The maximum atomic E-state index is 13.0. The fourth-order valence-electron chi connectivity index (χ4n) is 2.29. The highest BCUT2D eigenvalue weighted by molar-refractivity contribution is 8.00. The number of sulfone groups is 1. The predicted octanol–water partition coefficient (Wildman–Crippen LogP) is 5.05. The molecule has 1 aromatic carbocycles. The molecule has 0 fully saturated rings. The van der Waals surface area contributed by atoms with E-state index in [1.54, 1.807) is 42.5 Å². The van der Waals surface area contributed by atoms with Gasteiger partial charge in [0.05, 0.1) is 11.2 Å². The first-order chi connectivity index (χ1) is 12.1. The lowest BCUT2D eigenvalue weighted by atomic mass is 10.3. The average Bonchev–Trinajstić information content (AvgIpc) is 3.29. The normalized spacial score (nSPS) is 11.7. The molecule has 2 heterocycles. The van der Waals surface area contributed by atoms with Gasteiger partial charge in [0.25, 0.3) is 5.89 Å². The van der Waals surface area contributed by atoms with Crippen molar-refractivity contribution in [2.45, 2.75) is 41.2 Å². The molecule has 7 heteroatoms. The Kier molecular flexibility index (Phi) is 5.65. The van der Waals surface area contributed by atoms with E-state index >= 15 is 0 Å². The summed E-state index contributed by atoms with van der Waals surface area (Å²) < 4.78 is 36.9. The first-order valence-corrected chi connectivity index (χ1v) is 10.6. The topological polar surface area (TPSA) is 73.3 Å². The lowest BCUT2D eigenvalue weighted by Crippen LogP contribution is -2.03. The van der Waals surface area contributed by atoms with Crippen molar-refractivity contribution in [2.24, 2.45) is 0 Å². The van der Waals surface area contributed by atoms with Gasteiger partial charge >= 0.3 is 0 Å². The van der Waals surface area contributed by atoms with Crippen molar-refractivity contribution >= 4 is 21.6 Å². The number of hydrogen-bond donors (Lipinski definition) is 0. The summed E-state index contributed by atoms with van der Waals surface area (Å²) in [6.45, 7) is 2.12. The lowest BCUT2D eigenvalue weighted by Gasteiger charge is -2.03. The molecule has 0 aliphatic heterocycles. The van der Waals surface area contributed by atoms with Crippen molar-refractivity contribution in [3.63, 3.8) is 0 Å². The largest absolute Gasteiger partial charge is 0.459 e. The van der Waals surface area contributed by atoms with Gasteiger partial charge < -0.3 is 8.83 Å². The highest BCUT2D eigenvalue weighted by Gasteiger charge is 2.29. The number of aromatic nitrogens is 1. The summed E-state index contributed by atoms with van der Waals surface area (Å²) in [5, 5.41) is 0.262. The fourth-order valence-corrected chi connectivity index (χ4v) is 4.84. The van der Waals surface area contributed by atoms with Crippen LogP contribution < -0.4 is 0 Å². The first kappa shape index (κ1) is 17.8. The van der Waals surface area contributed by atoms with E-state index in [0.717, 1.165) is 25.0 Å². The molecule has 0 bridgehead atoms. The number of furan rings is 1. The van der Waals surface area contributed by atoms with E-state index in [0.29, 0.717) is 10.9 Å². The number of unbranched alkanes of at least 4 members (excludes halogenated alkanes) is 2. The number of thioether (sulfide) groups is 1. The van der Waals surface area contributed by atoms with Gasteiger partial charge in [-0.15, -0.1) is 0 Å². The molecule has 0 radical (unpaired) electrons. The minimum Gasteiger partial charge on any atom is -0.459 e. The van der Waals surface area contributed by atoms with Gasteiger partial charge in [-0.2, -0.15) is 4.98 Å². The number of nitrogens with zero attached hydrogens (tertiary/aromatic N) is 1. The average molecular weight is 377 g/mol. The predicted molar refractivity (Wildman–Crippen MR) is 96.3 cm³/mol. The Balaban J connectivity index is 1.98. The zero-order valence-electron chi connectivity index (χ0n) is 13.8. The fraction of sp³-hybridized carbons (Fsp3) is 0.278. The van der Waals surface area contributed by atoms with E-state index < -0.39 is 9.84 Å². The number of oxazole rings is 1. The van der Waals surface area contributed by atoms with Crippen LogP contribution in [0.4, 0.5) is 0 Å². The zero-order chi connectivity index (χ0) is 17.7. The molecule has 0 amide bonds. The second kappa shape index (κ2) is 7.93. The van der Waals surface area contributed by atoms with Gasteiger partial charge in [-0.1, -0.05) is 49.7 Å². The summed E-state index contributed by atoms with van der Waals surface area (Å²) in [4.78, 5) is 4.43. The Hall–Kier alpha value is -1.99. The van der Waals surface area contributed by atoms with E-state index in [2.05, 4.69) is 11.9 Å². The Morgan fingerprint density at radius 2 is 1.88 bits per heavy atom. The van der Waals surface area contributed by atoms with Crippen molar-refractivity contribution in [3.8, 4) is 11.7 Å². The van der Waals surface area contributed by atoms with Crippen LogP contribution in [0.2, 0.25) is 0 Å². The highest BCUT2D eigenvalue weighted by Crippen LogP contribution is 2.35. The molecule has 0 saturated heterocycles. The molecule has 0 aliphatic rings. The molecule has 2 aromatic heterocycles. The monoisotopic (exact) mass is 377 g/mol. The third-order valence-corrected chi connectivity index (χ3v) is 6.43. The van der Waals surface area contributed by atoms with Crippen molar-refractivity contribution in [1.82, 2.24) is 4.98 Å². The Morgan fingerprint density at radius 1 is 1.08 bits per heavy atom. The van der Waals surface area contributed by atoms with E-state index in [-0.39, 0.29) is 15.8 Å². The quantitative estimate of drug-likeness (QED) is 0.404. The van der Waals surface area contributed by atoms with Gasteiger partial charge in [0.1, 0.15) is 0 Å². The summed E-state index contributed by atoms with van der Waals surface area (Å²) in [5.41, 5.74) is 0. The van der Waals surface area contributed by atoms with Crippen LogP contribution in [0.15, 0.2) is 72.6 Å². The van der Waals surface area contributed by atoms with Gasteiger partial charge in [-0.05, 0) is 30.7 Å². The molecule has 5 nitrogen and oxygen atoms in total. The Labute approximate surface area is 151 Å². The molecule has 0 spiro atoms. The van der Waals surface area contributed by atoms with Gasteiger partial charge in [0, 0.05) is 5.75 Å². The maximum Gasteiger partial charge on any atom is 0.265 e. The number of benzene rings is 1. The Morgan fingerprint density at radius 3 is 2.56 bits per heavy atom. The van der Waals surface area contributed by atoms with Crippen molar-refractivity contribution in [2.75, 3.05) is 5.75 Å². The van der Waals surface area contributed by atoms with Crippen molar-refractivity contribution in [1.29, 1.82) is 0 Å². The first-order valence-electron chi connectivity index (χ1n) is 8.10. The molecular formula is C18H19NO4S2. The summed E-state index contributed by atoms with van der Waals surface area (Å²) in [5.74, 6) is 1.36. The highest BCUT2D eigenvalue weighted by atomic mass is 32.2. The third-order valence-electron chi connectivity index (χ3n) is 3.59. The molecule has 0 atom stereocenters. The van der Waals surface area contributed by atoms with Crippen LogP contribution in [0.25, 0.3) is 11.7 Å². The van der Waals surface area contributed by atoms with Gasteiger partial charge in [-0.25, -0.2) is 8.42 Å². The summed E-state index contributed by atoms with van der Waals surface area (Å²) in [6.07, 6.45) is 4.68. The maximum absolute atomic E-state index is 13.0. The van der Waals surface area contributed by atoms with Gasteiger partial charge in [0.15, 0.2) is 5.76 Å². The van der Waals surface area contributed by atoms with E-state index in [4.69, 9.17) is 8.83 Å². The van der Waals surface area contributed by atoms with Crippen LogP contribution in [0.5, 0.6) is 0 Å². The second-order valence-electron chi connectivity index (χ2n) is 5.46. The molecule has 132 valence electrons. The third kappa shape index (κ3) is 3.99. The lowest BCUT2D eigenvalue weighted by molar-refractivity contribution is 0.451. The molecule has 0 aliphatic carbocycles. The summed E-state index contributed by atoms with van der Waals surface area (Å²) in [6, 6.07) is 11.7. The minimum atomic E-state index is -3.75. The number of hydrogen-bond acceptors (Lipinski definition) is 6. The van der Waals surface area contributed by atoms with Crippen LogP contribution in [0.1, 0.15) is 26.2 Å². The SMILES string of the molecule is CCCCCSc1oc(-c2ccco2)nc1S(=O)(=O)c1ccccc1. The molecular weight excluding hydrogens is 358 g/mol. The number of rotatable bonds is 8. The summed E-state index contributed by atoms with van der Waals surface area (Å²) in [7, 11) is -3.75. The molecule has 0 saturated carbocycles. The van der Waals surface area contributed by atoms with Crippen molar-refractivity contribution < 1.29 is 17.3 Å². The van der Waals surface area contributed by atoms with Crippen LogP contribution in [-0.4, -0.2) is 19.2 Å². The van der Waals surface area contributed by atoms with Crippen LogP contribution in [-0.2, 0) is 9.84 Å². The van der Waals surface area contributed by atoms with Crippen molar-refractivity contribution in [3.05, 3.63) is 48.7 Å². The standard InChI is InChI=1S/C18H19NO4S2/c1-2-3-7-13-24-18-17(19-16(23-18)15-11-8-12-22-15)25(20,21)14-9-5-4-6-10-14/h4-6,8-12H,2-3,7,13H2,1H3. The van der Waals surface area contributed by atoms with E-state index in [9.17, 15) is 8.42 Å². The van der Waals surface area contributed by atoms with Crippen LogP contribution in [0, 0.1) is 0 Å². The smallest absolute Gasteiger partial charge is 0.265 e. The molecule has 25 heavy (non-hydrogen) atoms. The van der Waals surface area contributed by atoms with Crippen LogP contribution in [0.3, 0.4) is 0 Å². The molecule has 3 aromatic rings.